The van der Waals surface area contributed by atoms with Gasteiger partial charge in [-0.1, -0.05) is 0 Å². The molecule has 1 unspecified atom stereocenters. The summed E-state index contributed by atoms with van der Waals surface area (Å²) in [6.45, 7) is 6.99. The molecule has 0 saturated carbocycles. The number of urea groups is 1. The Labute approximate surface area is 119 Å². The van der Waals surface area contributed by atoms with Crippen LogP contribution in [0.2, 0.25) is 0 Å². The molecule has 1 atom stereocenters. The molecule has 2 heterocycles. The lowest BCUT2D eigenvalue weighted by atomic mass is 9.96. The Hall–Kier alpha value is -1.34. The summed E-state index contributed by atoms with van der Waals surface area (Å²) in [5.74, 6) is -0.983. The molecule has 0 aromatic heterocycles. The molecule has 0 radical (unpaired) electrons. The van der Waals surface area contributed by atoms with Crippen molar-refractivity contribution in [3.63, 3.8) is 0 Å². The number of carboxylic acids is 1. The second-order valence-corrected chi connectivity index (χ2v) is 6.08. The number of nitrogens with zero attached hydrogens (tertiary/aromatic N) is 3. The van der Waals surface area contributed by atoms with Crippen molar-refractivity contribution in [1.29, 1.82) is 0 Å². The summed E-state index contributed by atoms with van der Waals surface area (Å²) in [5, 5.41) is 8.62. The largest absolute Gasteiger partial charge is 0.480 e. The fourth-order valence-corrected chi connectivity index (χ4v) is 2.83. The molecular weight excluding hydrogens is 262 g/mol. The predicted octanol–water partition coefficient (Wildman–Crippen LogP) is -0.0822. The molecule has 20 heavy (non-hydrogen) atoms. The van der Waals surface area contributed by atoms with Crippen molar-refractivity contribution in [3.05, 3.63) is 0 Å². The average molecular weight is 285 g/mol. The minimum Gasteiger partial charge on any atom is -0.480 e. The van der Waals surface area contributed by atoms with Crippen molar-refractivity contribution in [1.82, 2.24) is 14.7 Å². The van der Waals surface area contributed by atoms with Crippen LogP contribution in [-0.4, -0.2) is 89.8 Å². The summed E-state index contributed by atoms with van der Waals surface area (Å²) in [4.78, 5) is 28.7. The van der Waals surface area contributed by atoms with Crippen LogP contribution in [0.5, 0.6) is 0 Å². The van der Waals surface area contributed by atoms with E-state index in [1.165, 1.54) is 0 Å². The van der Waals surface area contributed by atoms with Gasteiger partial charge in [-0.15, -0.1) is 0 Å². The Morgan fingerprint density at radius 3 is 2.55 bits per heavy atom. The third-order valence-electron chi connectivity index (χ3n) is 3.94. The van der Waals surface area contributed by atoms with Crippen LogP contribution >= 0.6 is 0 Å². The second kappa shape index (κ2) is 5.57. The van der Waals surface area contributed by atoms with Gasteiger partial charge in [0.25, 0.3) is 0 Å². The molecule has 7 nitrogen and oxygen atoms in total. The number of likely N-dealkylation sites (N-methyl/N-ethyl adjacent to an activating group) is 1. The highest BCUT2D eigenvalue weighted by molar-refractivity contribution is 5.76. The molecule has 0 aliphatic carbocycles. The molecule has 0 aromatic rings. The lowest BCUT2D eigenvalue weighted by molar-refractivity contribution is -0.160. The maximum absolute atomic E-state index is 12.4. The van der Waals surface area contributed by atoms with E-state index in [0.717, 1.165) is 19.6 Å². The molecule has 2 aliphatic rings. The van der Waals surface area contributed by atoms with Gasteiger partial charge in [0.2, 0.25) is 0 Å². The van der Waals surface area contributed by atoms with Gasteiger partial charge in [-0.2, -0.15) is 0 Å². The summed E-state index contributed by atoms with van der Waals surface area (Å²) in [7, 11) is 2.05. The maximum atomic E-state index is 12.4. The van der Waals surface area contributed by atoms with E-state index in [4.69, 9.17) is 9.84 Å². The third kappa shape index (κ3) is 3.21. The number of piperazine rings is 1. The van der Waals surface area contributed by atoms with Crippen molar-refractivity contribution in [2.75, 3.05) is 46.4 Å². The van der Waals surface area contributed by atoms with E-state index in [1.807, 2.05) is 18.7 Å². The highest BCUT2D eigenvalue weighted by Crippen LogP contribution is 2.26. The molecule has 2 saturated heterocycles. The predicted molar refractivity (Wildman–Crippen MR) is 72.6 cm³/mol. The molecule has 2 aliphatic heterocycles. The Kier molecular flexibility index (Phi) is 4.19. The molecule has 114 valence electrons. The minimum atomic E-state index is -0.983. The number of amides is 2. The fraction of sp³-hybridized carbons (Fsp3) is 0.846. The molecular formula is C13H23N3O4. The van der Waals surface area contributed by atoms with E-state index in [1.54, 1.807) is 4.90 Å². The van der Waals surface area contributed by atoms with E-state index in [-0.39, 0.29) is 18.7 Å². The highest BCUT2D eigenvalue weighted by atomic mass is 16.5. The normalized spacial score (nSPS) is 26.2. The lowest BCUT2D eigenvalue weighted by Crippen LogP contribution is -2.67. The highest BCUT2D eigenvalue weighted by Gasteiger charge is 2.45. The number of aliphatic carboxylic acids is 1. The number of carboxylic acid groups (broad SMARTS) is 1. The van der Waals surface area contributed by atoms with Gasteiger partial charge < -0.3 is 24.5 Å². The van der Waals surface area contributed by atoms with Gasteiger partial charge >= 0.3 is 12.0 Å². The Morgan fingerprint density at radius 1 is 1.35 bits per heavy atom. The summed E-state index contributed by atoms with van der Waals surface area (Å²) in [6, 6.07) is 0.232. The lowest BCUT2D eigenvalue weighted by Gasteiger charge is -2.50. The topological polar surface area (TPSA) is 73.3 Å². The number of hydrogen-bond donors (Lipinski definition) is 1. The van der Waals surface area contributed by atoms with Gasteiger partial charge in [0.15, 0.2) is 0 Å². The summed E-state index contributed by atoms with van der Waals surface area (Å²) in [6.07, 6.45) is 0. The third-order valence-corrected chi connectivity index (χ3v) is 3.94. The Morgan fingerprint density at radius 2 is 2.00 bits per heavy atom. The molecule has 0 bridgehead atoms. The first kappa shape index (κ1) is 15.1. The van der Waals surface area contributed by atoms with Crippen LogP contribution in [0.3, 0.4) is 0 Å². The zero-order chi connectivity index (χ0) is 14.9. The zero-order valence-corrected chi connectivity index (χ0v) is 12.3. The van der Waals surface area contributed by atoms with E-state index < -0.39 is 11.6 Å². The molecule has 0 aromatic carbocycles. The first-order valence-electron chi connectivity index (χ1n) is 6.90. The number of likely N-dealkylation sites (tertiary alicyclic amines) is 1. The monoisotopic (exact) mass is 285 g/mol. The summed E-state index contributed by atoms with van der Waals surface area (Å²) < 4.78 is 5.32. The van der Waals surface area contributed by atoms with Crippen LogP contribution in [0, 0.1) is 0 Å². The van der Waals surface area contributed by atoms with E-state index in [2.05, 4.69) is 11.9 Å². The summed E-state index contributed by atoms with van der Waals surface area (Å²) >= 11 is 0. The van der Waals surface area contributed by atoms with Gasteiger partial charge in [-0.3, -0.25) is 0 Å². The quantitative estimate of drug-likeness (QED) is 0.785. The number of rotatable bonds is 3. The van der Waals surface area contributed by atoms with Crippen LogP contribution in [0.25, 0.3) is 0 Å². The number of hydrogen-bond acceptors (Lipinski definition) is 4. The van der Waals surface area contributed by atoms with Gasteiger partial charge in [-0.05, 0) is 20.9 Å². The number of carbonyl (C=O) groups excluding carboxylic acids is 1. The van der Waals surface area contributed by atoms with Crippen molar-refractivity contribution in [2.45, 2.75) is 25.5 Å². The van der Waals surface area contributed by atoms with Gasteiger partial charge in [-0.25, -0.2) is 9.59 Å². The Bertz CT molecular complexity index is 395. The smallest absolute Gasteiger partial charge is 0.329 e. The number of carbonyl (C=O) groups is 2. The van der Waals surface area contributed by atoms with Crippen molar-refractivity contribution in [3.8, 4) is 0 Å². The van der Waals surface area contributed by atoms with Crippen LogP contribution in [0.15, 0.2) is 0 Å². The maximum Gasteiger partial charge on any atom is 0.329 e. The van der Waals surface area contributed by atoms with Crippen LogP contribution in [-0.2, 0) is 9.53 Å². The standard InChI is InChI=1S/C13H23N3O4/c1-10-6-14(3)4-5-16(10)12(19)15-8-13(2,9-15)20-7-11(17)18/h10H,4-9H2,1-3H3,(H,17,18). The summed E-state index contributed by atoms with van der Waals surface area (Å²) in [5.41, 5.74) is -0.524. The van der Waals surface area contributed by atoms with Gasteiger partial charge in [0.05, 0.1) is 13.1 Å². The van der Waals surface area contributed by atoms with E-state index >= 15 is 0 Å². The molecule has 7 heteroatoms. The zero-order valence-electron chi connectivity index (χ0n) is 12.3. The van der Waals surface area contributed by atoms with Gasteiger partial charge in [0.1, 0.15) is 12.2 Å². The van der Waals surface area contributed by atoms with Crippen molar-refractivity contribution < 1.29 is 19.4 Å². The second-order valence-electron chi connectivity index (χ2n) is 6.08. The molecule has 2 fully saturated rings. The fourth-order valence-electron chi connectivity index (χ4n) is 2.83. The Balaban J connectivity index is 1.83. The first-order valence-corrected chi connectivity index (χ1v) is 6.90. The minimum absolute atomic E-state index is 0.0296. The SMILES string of the molecule is CC1CN(C)CCN1C(=O)N1CC(C)(OCC(=O)O)C1. The molecule has 1 N–H and O–H groups in total. The van der Waals surface area contributed by atoms with Crippen LogP contribution in [0.4, 0.5) is 4.79 Å². The van der Waals surface area contributed by atoms with Crippen molar-refractivity contribution >= 4 is 12.0 Å². The van der Waals surface area contributed by atoms with Crippen LogP contribution in [0.1, 0.15) is 13.8 Å². The first-order chi connectivity index (χ1) is 9.31. The van der Waals surface area contributed by atoms with Crippen LogP contribution < -0.4 is 0 Å². The number of ether oxygens (including phenoxy) is 1. The molecule has 0 spiro atoms. The van der Waals surface area contributed by atoms with Crippen molar-refractivity contribution in [2.24, 2.45) is 0 Å². The van der Waals surface area contributed by atoms with E-state index in [9.17, 15) is 9.59 Å². The molecule has 2 rings (SSSR count). The van der Waals surface area contributed by atoms with Gasteiger partial charge in [0, 0.05) is 25.7 Å². The molecule has 2 amide bonds. The average Bonchev–Trinajstić information content (AvgIpc) is 2.32. The van der Waals surface area contributed by atoms with E-state index in [0.29, 0.717) is 13.1 Å².